The summed E-state index contributed by atoms with van der Waals surface area (Å²) in [5.74, 6) is 0.425. The molecule has 0 heterocycles. The molecule has 82 valence electrons. The second-order valence-corrected chi connectivity index (χ2v) is 6.07. The van der Waals surface area contributed by atoms with Crippen LogP contribution in [0.5, 0.6) is 0 Å². The van der Waals surface area contributed by atoms with Gasteiger partial charge in [0.25, 0.3) is 0 Å². The van der Waals surface area contributed by atoms with Gasteiger partial charge in [-0.15, -0.1) is 12.4 Å². The molecule has 0 aromatic heterocycles. The fourth-order valence-electron chi connectivity index (χ4n) is 0.589. The SMILES string of the molecule is Cl.NCCCNCCSP(=O)(O)O. The Balaban J connectivity index is 0. The molecule has 0 fully saturated rings. The second kappa shape index (κ2) is 9.27. The van der Waals surface area contributed by atoms with Gasteiger partial charge in [-0.25, -0.2) is 4.57 Å². The van der Waals surface area contributed by atoms with Crippen molar-refractivity contribution >= 4 is 30.6 Å². The Labute approximate surface area is 88.2 Å². The minimum absolute atomic E-state index is 0. The molecule has 13 heavy (non-hydrogen) atoms. The van der Waals surface area contributed by atoms with Gasteiger partial charge in [0.1, 0.15) is 0 Å². The fourth-order valence-corrected chi connectivity index (χ4v) is 2.05. The Kier molecular flexibility index (Phi) is 11.5. The predicted molar refractivity (Wildman–Crippen MR) is 58.3 cm³/mol. The molecule has 0 atom stereocenters. The minimum atomic E-state index is -3.87. The summed E-state index contributed by atoms with van der Waals surface area (Å²) in [5.41, 5.74) is 5.24. The number of nitrogens with one attached hydrogen (secondary N) is 1. The lowest BCUT2D eigenvalue weighted by molar-refractivity contribution is 0.397. The van der Waals surface area contributed by atoms with Gasteiger partial charge >= 0.3 is 6.80 Å². The van der Waals surface area contributed by atoms with Crippen molar-refractivity contribution in [2.75, 3.05) is 25.4 Å². The second-order valence-electron chi connectivity index (χ2n) is 2.22. The predicted octanol–water partition coefficient (Wildman–Crippen LogP) is 0.172. The van der Waals surface area contributed by atoms with Gasteiger partial charge in [-0.05, 0) is 30.9 Å². The Bertz CT molecular complexity index is 157. The molecule has 0 unspecified atom stereocenters. The summed E-state index contributed by atoms with van der Waals surface area (Å²) in [6, 6.07) is 0. The van der Waals surface area contributed by atoms with Crippen molar-refractivity contribution < 1.29 is 14.4 Å². The summed E-state index contributed by atoms with van der Waals surface area (Å²) in [4.78, 5) is 16.9. The van der Waals surface area contributed by atoms with E-state index in [1.165, 1.54) is 0 Å². The molecule has 0 saturated heterocycles. The Morgan fingerprint density at radius 1 is 1.38 bits per heavy atom. The van der Waals surface area contributed by atoms with E-state index in [4.69, 9.17) is 15.5 Å². The molecule has 0 radical (unpaired) electrons. The number of hydrogen-bond acceptors (Lipinski definition) is 4. The minimum Gasteiger partial charge on any atom is -0.330 e. The van der Waals surface area contributed by atoms with Crippen LogP contribution < -0.4 is 11.1 Å². The van der Waals surface area contributed by atoms with E-state index in [0.717, 1.165) is 13.0 Å². The van der Waals surface area contributed by atoms with Crippen LogP contribution in [0.15, 0.2) is 0 Å². The molecule has 0 bridgehead atoms. The number of rotatable bonds is 7. The maximum absolute atomic E-state index is 10.3. The molecular weight excluding hydrogens is 235 g/mol. The van der Waals surface area contributed by atoms with E-state index < -0.39 is 6.80 Å². The van der Waals surface area contributed by atoms with Crippen LogP contribution in [0.3, 0.4) is 0 Å². The molecule has 0 amide bonds. The van der Waals surface area contributed by atoms with Gasteiger partial charge in [0.2, 0.25) is 0 Å². The molecule has 0 rings (SSSR count). The largest absolute Gasteiger partial charge is 0.384 e. The van der Waals surface area contributed by atoms with Crippen LogP contribution >= 0.6 is 30.6 Å². The summed E-state index contributed by atoms with van der Waals surface area (Å²) in [7, 11) is 0. The zero-order valence-corrected chi connectivity index (χ0v) is 9.71. The number of halogens is 1. The highest BCUT2D eigenvalue weighted by Crippen LogP contribution is 2.49. The average Bonchev–Trinajstić information content (AvgIpc) is 1.94. The lowest BCUT2D eigenvalue weighted by atomic mass is 10.4. The fraction of sp³-hybridized carbons (Fsp3) is 1.00. The van der Waals surface area contributed by atoms with E-state index in [9.17, 15) is 4.57 Å². The van der Waals surface area contributed by atoms with Gasteiger partial charge in [0, 0.05) is 12.3 Å². The molecule has 0 aromatic carbocycles. The van der Waals surface area contributed by atoms with Gasteiger partial charge in [0.15, 0.2) is 0 Å². The Hall–Kier alpha value is 0.710. The van der Waals surface area contributed by atoms with Gasteiger partial charge in [-0.2, -0.15) is 0 Å². The quantitative estimate of drug-likeness (QED) is 0.380. The van der Waals surface area contributed by atoms with Crippen molar-refractivity contribution in [3.8, 4) is 0 Å². The summed E-state index contributed by atoms with van der Waals surface area (Å²) in [6.07, 6.45) is 0.889. The van der Waals surface area contributed by atoms with Crippen molar-refractivity contribution in [1.82, 2.24) is 5.32 Å². The average molecular weight is 251 g/mol. The van der Waals surface area contributed by atoms with Crippen LogP contribution in [-0.4, -0.2) is 35.2 Å². The first-order chi connectivity index (χ1) is 5.56. The normalized spacial score (nSPS) is 11.0. The molecule has 0 saturated carbocycles. The molecule has 0 aliphatic heterocycles. The first kappa shape index (κ1) is 16.2. The van der Waals surface area contributed by atoms with E-state index in [1.807, 2.05) is 0 Å². The van der Waals surface area contributed by atoms with Crippen LogP contribution in [0.4, 0.5) is 0 Å². The van der Waals surface area contributed by atoms with Crippen LogP contribution in [0.25, 0.3) is 0 Å². The van der Waals surface area contributed by atoms with E-state index >= 15 is 0 Å². The van der Waals surface area contributed by atoms with Gasteiger partial charge < -0.3 is 20.8 Å². The lowest BCUT2D eigenvalue weighted by Gasteiger charge is -2.04. The Morgan fingerprint density at radius 3 is 2.46 bits per heavy atom. The number of nitrogens with two attached hydrogens (primary N) is 1. The van der Waals surface area contributed by atoms with Gasteiger partial charge in [-0.1, -0.05) is 0 Å². The van der Waals surface area contributed by atoms with Gasteiger partial charge in [0.05, 0.1) is 0 Å². The van der Waals surface area contributed by atoms with E-state index in [-0.39, 0.29) is 12.4 Å². The zero-order chi connectivity index (χ0) is 9.45. The molecule has 0 aromatic rings. The molecule has 8 heteroatoms. The van der Waals surface area contributed by atoms with Crippen molar-refractivity contribution in [2.24, 2.45) is 5.73 Å². The molecule has 0 spiro atoms. The summed E-state index contributed by atoms with van der Waals surface area (Å²) in [6.45, 7) is -1.82. The van der Waals surface area contributed by atoms with Gasteiger partial charge in [-0.3, -0.25) is 0 Å². The van der Waals surface area contributed by atoms with Crippen molar-refractivity contribution in [3.05, 3.63) is 0 Å². The van der Waals surface area contributed by atoms with E-state index in [1.54, 1.807) is 0 Å². The standard InChI is InChI=1S/C5H15N2O3PS.ClH/c6-2-1-3-7-4-5-12-11(8,9)10;/h7H,1-6H2,(H2,8,9,10);1H. The maximum Gasteiger partial charge on any atom is 0.384 e. The zero-order valence-electron chi connectivity index (χ0n) is 7.18. The van der Waals surface area contributed by atoms with Crippen LogP contribution in [0, 0.1) is 0 Å². The van der Waals surface area contributed by atoms with Crippen molar-refractivity contribution in [1.29, 1.82) is 0 Å². The third-order valence-corrected chi connectivity index (χ3v) is 3.38. The summed E-state index contributed by atoms with van der Waals surface area (Å²) >= 11 is 0.665. The van der Waals surface area contributed by atoms with E-state index in [2.05, 4.69) is 5.32 Å². The van der Waals surface area contributed by atoms with Crippen molar-refractivity contribution in [2.45, 2.75) is 6.42 Å². The van der Waals surface area contributed by atoms with Crippen LogP contribution in [-0.2, 0) is 4.57 Å². The topological polar surface area (TPSA) is 95.6 Å². The molecular formula is C5H16ClN2O3PS. The third kappa shape index (κ3) is 15.5. The third-order valence-electron chi connectivity index (χ3n) is 1.10. The highest BCUT2D eigenvalue weighted by Gasteiger charge is 2.11. The first-order valence-corrected chi connectivity index (χ1v) is 6.87. The molecule has 0 aliphatic rings. The maximum atomic E-state index is 10.3. The van der Waals surface area contributed by atoms with Crippen molar-refractivity contribution in [3.63, 3.8) is 0 Å². The van der Waals surface area contributed by atoms with Crippen LogP contribution in [0.2, 0.25) is 0 Å². The first-order valence-electron chi connectivity index (χ1n) is 3.67. The molecule has 5 N–H and O–H groups in total. The van der Waals surface area contributed by atoms with Crippen LogP contribution in [0.1, 0.15) is 6.42 Å². The Morgan fingerprint density at radius 2 is 2.00 bits per heavy atom. The highest BCUT2D eigenvalue weighted by molar-refractivity contribution is 8.54. The van der Waals surface area contributed by atoms with E-state index in [0.29, 0.717) is 30.2 Å². The summed E-state index contributed by atoms with van der Waals surface area (Å²) < 4.78 is 10.3. The monoisotopic (exact) mass is 250 g/mol. The smallest absolute Gasteiger partial charge is 0.330 e. The summed E-state index contributed by atoms with van der Waals surface area (Å²) in [5, 5.41) is 3.01. The highest BCUT2D eigenvalue weighted by atomic mass is 35.5. The lowest BCUT2D eigenvalue weighted by Crippen LogP contribution is -2.20. The molecule has 5 nitrogen and oxygen atoms in total. The number of hydrogen-bond donors (Lipinski definition) is 4. The molecule has 0 aliphatic carbocycles.